The van der Waals surface area contributed by atoms with Gasteiger partial charge in [-0.2, -0.15) is 0 Å². The number of rotatable bonds is 4. The van der Waals surface area contributed by atoms with Crippen molar-refractivity contribution in [1.29, 1.82) is 0 Å². The zero-order valence-electron chi connectivity index (χ0n) is 16.5. The lowest BCUT2D eigenvalue weighted by molar-refractivity contribution is -0.277. The summed E-state index contributed by atoms with van der Waals surface area (Å²) in [5.41, 5.74) is 0.337. The van der Waals surface area contributed by atoms with Gasteiger partial charge in [0.25, 0.3) is 0 Å². The molecule has 11 nitrogen and oxygen atoms in total. The average molecular weight is 450 g/mol. The Bertz CT molecular complexity index is 1020. The first-order valence-electron chi connectivity index (χ1n) is 9.75. The number of phenols is 3. The van der Waals surface area contributed by atoms with Crippen LogP contribution in [-0.2, 0) is 4.74 Å². The van der Waals surface area contributed by atoms with Crippen molar-refractivity contribution in [2.75, 3.05) is 6.61 Å². The predicted octanol–water partition coefficient (Wildman–Crippen LogP) is -0.311. The third kappa shape index (κ3) is 3.92. The van der Waals surface area contributed by atoms with E-state index in [9.17, 15) is 40.5 Å². The van der Waals surface area contributed by atoms with E-state index >= 15 is 0 Å². The van der Waals surface area contributed by atoms with Gasteiger partial charge in [-0.05, 0) is 17.7 Å². The summed E-state index contributed by atoms with van der Waals surface area (Å²) in [6, 6.07) is 6.37. The summed E-state index contributed by atoms with van der Waals surface area (Å²) >= 11 is 0. The van der Waals surface area contributed by atoms with E-state index in [0.717, 1.165) is 6.07 Å². The van der Waals surface area contributed by atoms with E-state index in [0.29, 0.717) is 5.56 Å². The minimum absolute atomic E-state index is 0.0293. The lowest BCUT2D eigenvalue weighted by Crippen LogP contribution is -2.60. The van der Waals surface area contributed by atoms with E-state index in [1.165, 1.54) is 24.3 Å². The normalized spacial score (nSPS) is 29.8. The van der Waals surface area contributed by atoms with Crippen molar-refractivity contribution in [2.24, 2.45) is 0 Å². The Hall–Kier alpha value is -3.09. The maximum atomic E-state index is 12.6. The molecule has 11 heteroatoms. The second kappa shape index (κ2) is 8.45. The average Bonchev–Trinajstić information content (AvgIpc) is 2.75. The van der Waals surface area contributed by atoms with Gasteiger partial charge in [0.2, 0.25) is 6.29 Å². The summed E-state index contributed by atoms with van der Waals surface area (Å²) in [5, 5.41) is 68.8. The summed E-state index contributed by atoms with van der Waals surface area (Å²) < 4.78 is 16.6. The summed E-state index contributed by atoms with van der Waals surface area (Å²) in [6.45, 7) is -0.640. The van der Waals surface area contributed by atoms with Crippen molar-refractivity contribution in [2.45, 2.75) is 43.2 Å². The van der Waals surface area contributed by atoms with Crippen molar-refractivity contribution in [3.05, 3.63) is 41.5 Å². The third-order valence-corrected chi connectivity index (χ3v) is 5.45. The molecule has 4 rings (SSSR count). The molecule has 0 amide bonds. The van der Waals surface area contributed by atoms with E-state index in [4.69, 9.17) is 14.2 Å². The Morgan fingerprint density at radius 3 is 2.38 bits per heavy atom. The molecular weight excluding hydrogens is 428 g/mol. The molecule has 1 saturated heterocycles. The smallest absolute Gasteiger partial charge is 0.229 e. The summed E-state index contributed by atoms with van der Waals surface area (Å²) in [7, 11) is 0. The third-order valence-electron chi connectivity index (χ3n) is 5.45. The first kappa shape index (κ1) is 22.1. The molecule has 32 heavy (non-hydrogen) atoms. The molecule has 0 radical (unpaired) electrons. The van der Waals surface area contributed by atoms with Crippen LogP contribution in [0.1, 0.15) is 28.4 Å². The molecule has 0 aliphatic carbocycles. The summed E-state index contributed by atoms with van der Waals surface area (Å²) in [5.74, 6) is -1.69. The SMILES string of the molecule is O=C1CC(c2ccc(O)c(O)c2)Oc2cc(O[C@@H]3OC(CO)[C@@H](O)[C@@H](O)C3O)cc(O)c21. The fourth-order valence-electron chi connectivity index (χ4n) is 3.71. The molecule has 172 valence electrons. The van der Waals surface area contributed by atoms with Gasteiger partial charge in [-0.25, -0.2) is 0 Å². The Morgan fingerprint density at radius 1 is 0.938 bits per heavy atom. The molecule has 1 fully saturated rings. The summed E-state index contributed by atoms with van der Waals surface area (Å²) in [6.07, 6.45) is -8.50. The zero-order valence-corrected chi connectivity index (χ0v) is 16.5. The molecule has 6 atom stereocenters. The van der Waals surface area contributed by atoms with Gasteiger partial charge < -0.3 is 50.0 Å². The highest BCUT2D eigenvalue weighted by molar-refractivity contribution is 6.02. The van der Waals surface area contributed by atoms with Gasteiger partial charge in [0.1, 0.15) is 53.3 Å². The highest BCUT2D eigenvalue weighted by atomic mass is 16.7. The van der Waals surface area contributed by atoms with Gasteiger partial charge in [-0.1, -0.05) is 6.07 Å². The van der Waals surface area contributed by atoms with Gasteiger partial charge >= 0.3 is 0 Å². The van der Waals surface area contributed by atoms with Crippen molar-refractivity contribution >= 4 is 5.78 Å². The Morgan fingerprint density at radius 2 is 1.69 bits per heavy atom. The van der Waals surface area contributed by atoms with Crippen molar-refractivity contribution < 1.29 is 54.8 Å². The number of hydrogen-bond acceptors (Lipinski definition) is 11. The van der Waals surface area contributed by atoms with Crippen LogP contribution in [0.25, 0.3) is 0 Å². The Labute approximate surface area is 181 Å². The lowest BCUT2D eigenvalue weighted by Gasteiger charge is -2.39. The van der Waals surface area contributed by atoms with Crippen LogP contribution in [-0.4, -0.2) is 78.8 Å². The quantitative estimate of drug-likeness (QED) is 0.303. The number of phenolic OH excluding ortho intramolecular Hbond substituents is 3. The molecule has 0 spiro atoms. The monoisotopic (exact) mass is 450 g/mol. The van der Waals surface area contributed by atoms with E-state index in [2.05, 4.69) is 0 Å². The van der Waals surface area contributed by atoms with Crippen LogP contribution in [0.2, 0.25) is 0 Å². The number of Topliss-reactive ketones (excluding diaryl/α,β-unsaturated/α-hetero) is 1. The second-order valence-electron chi connectivity index (χ2n) is 7.61. The van der Waals surface area contributed by atoms with Crippen molar-refractivity contribution in [1.82, 2.24) is 0 Å². The fourth-order valence-corrected chi connectivity index (χ4v) is 3.71. The van der Waals surface area contributed by atoms with E-state index in [1.54, 1.807) is 0 Å². The van der Waals surface area contributed by atoms with Crippen molar-refractivity contribution in [3.63, 3.8) is 0 Å². The van der Waals surface area contributed by atoms with E-state index in [1.807, 2.05) is 0 Å². The topological polar surface area (TPSA) is 186 Å². The van der Waals surface area contributed by atoms with Gasteiger partial charge in [0, 0.05) is 12.1 Å². The minimum atomic E-state index is -1.67. The Kier molecular flexibility index (Phi) is 5.84. The predicted molar refractivity (Wildman–Crippen MR) is 105 cm³/mol. The number of aliphatic hydroxyl groups is 4. The first-order valence-corrected chi connectivity index (χ1v) is 9.75. The first-order chi connectivity index (χ1) is 15.2. The van der Waals surface area contributed by atoms with Crippen LogP contribution >= 0.6 is 0 Å². The number of aliphatic hydroxyl groups excluding tert-OH is 4. The largest absolute Gasteiger partial charge is 0.507 e. The van der Waals surface area contributed by atoms with E-state index < -0.39 is 54.9 Å². The molecule has 2 heterocycles. The van der Waals surface area contributed by atoms with Gasteiger partial charge in [-0.3, -0.25) is 4.79 Å². The number of aromatic hydroxyl groups is 3. The molecule has 0 saturated carbocycles. The molecule has 7 N–H and O–H groups in total. The second-order valence-corrected chi connectivity index (χ2v) is 7.61. The standard InChI is InChI=1S/C21H22O11/c22-7-16-18(27)19(28)20(29)21(32-16)30-9-4-12(25)17-13(26)6-14(31-15(17)5-9)8-1-2-10(23)11(24)3-8/h1-5,14,16,18-25,27-29H,6-7H2/t14?,16?,18-,19-,20?,21-/m1/s1. The number of benzene rings is 2. The van der Waals surface area contributed by atoms with Crippen LogP contribution in [0.3, 0.4) is 0 Å². The molecular formula is C21H22O11. The molecule has 2 aromatic carbocycles. The minimum Gasteiger partial charge on any atom is -0.507 e. The Balaban J connectivity index is 1.60. The number of hydrogen-bond donors (Lipinski definition) is 7. The number of carbonyl (C=O) groups is 1. The zero-order chi connectivity index (χ0) is 23.2. The van der Waals surface area contributed by atoms with Crippen LogP contribution in [0.15, 0.2) is 30.3 Å². The molecule has 3 unspecified atom stereocenters. The number of ether oxygens (including phenoxy) is 3. The van der Waals surface area contributed by atoms with Gasteiger partial charge in [0.05, 0.1) is 13.0 Å². The van der Waals surface area contributed by atoms with Crippen LogP contribution in [0, 0.1) is 0 Å². The molecule has 2 aliphatic heterocycles. The summed E-state index contributed by atoms with van der Waals surface area (Å²) in [4.78, 5) is 12.6. The molecule has 0 aromatic heterocycles. The molecule has 2 aliphatic rings. The van der Waals surface area contributed by atoms with Gasteiger partial charge in [-0.15, -0.1) is 0 Å². The molecule has 2 aromatic rings. The maximum Gasteiger partial charge on any atom is 0.229 e. The van der Waals surface area contributed by atoms with Crippen LogP contribution < -0.4 is 9.47 Å². The number of ketones is 1. The van der Waals surface area contributed by atoms with Crippen LogP contribution in [0.5, 0.6) is 28.7 Å². The van der Waals surface area contributed by atoms with Crippen LogP contribution in [0.4, 0.5) is 0 Å². The molecule has 0 bridgehead atoms. The fraction of sp³-hybridized carbons (Fsp3) is 0.381. The van der Waals surface area contributed by atoms with Gasteiger partial charge in [0.15, 0.2) is 17.3 Å². The van der Waals surface area contributed by atoms with Crippen molar-refractivity contribution in [3.8, 4) is 28.7 Å². The van der Waals surface area contributed by atoms with E-state index in [-0.39, 0.29) is 35.0 Å². The maximum absolute atomic E-state index is 12.6. The highest BCUT2D eigenvalue weighted by Crippen LogP contribution is 2.43. The number of fused-ring (bicyclic) bond motifs is 1. The highest BCUT2D eigenvalue weighted by Gasteiger charge is 2.45. The number of carbonyl (C=O) groups excluding carboxylic acids is 1. The lowest BCUT2D eigenvalue weighted by atomic mass is 9.95.